The van der Waals surface area contributed by atoms with E-state index in [1.54, 1.807) is 30.3 Å². The number of carbonyl (C=O) groups is 3. The summed E-state index contributed by atoms with van der Waals surface area (Å²) in [5.74, 6) is -4.38. The molecule has 156 valence electrons. The molecule has 2 fully saturated rings. The lowest BCUT2D eigenvalue weighted by molar-refractivity contribution is -0.147. The van der Waals surface area contributed by atoms with E-state index >= 15 is 0 Å². The summed E-state index contributed by atoms with van der Waals surface area (Å²) < 4.78 is 0. The fraction of sp³-hybridized carbons (Fsp3) is 0.208. The first-order valence-corrected chi connectivity index (χ1v) is 9.99. The van der Waals surface area contributed by atoms with Gasteiger partial charge in [0.1, 0.15) is 11.3 Å². The van der Waals surface area contributed by atoms with Gasteiger partial charge in [-0.1, -0.05) is 54.6 Å². The summed E-state index contributed by atoms with van der Waals surface area (Å²) in [6, 6.07) is 18.4. The summed E-state index contributed by atoms with van der Waals surface area (Å²) in [4.78, 5) is 40.5. The van der Waals surface area contributed by atoms with E-state index in [0.717, 1.165) is 15.7 Å². The molecule has 0 aliphatic carbocycles. The van der Waals surface area contributed by atoms with Crippen LogP contribution < -0.4 is 10.2 Å². The van der Waals surface area contributed by atoms with Crippen molar-refractivity contribution in [3.63, 3.8) is 0 Å². The van der Waals surface area contributed by atoms with Gasteiger partial charge in [0, 0.05) is 17.0 Å². The van der Waals surface area contributed by atoms with Gasteiger partial charge in [0.2, 0.25) is 11.8 Å². The number of aromatic hydroxyl groups is 1. The summed E-state index contributed by atoms with van der Waals surface area (Å²) in [5.41, 5.74) is -0.835. The summed E-state index contributed by atoms with van der Waals surface area (Å²) in [6.07, 6.45) is 0. The molecule has 3 aromatic carbocycles. The highest BCUT2D eigenvalue weighted by atomic mass is 16.4. The van der Waals surface area contributed by atoms with E-state index in [9.17, 15) is 24.6 Å². The van der Waals surface area contributed by atoms with Crippen molar-refractivity contribution in [2.24, 2.45) is 11.8 Å². The molecule has 3 aromatic rings. The number of hydrogen-bond acceptors (Lipinski definition) is 5. The average Bonchev–Trinajstić information content (AvgIpc) is 3.22. The summed E-state index contributed by atoms with van der Waals surface area (Å²) in [5, 5.41) is 24.9. The average molecular weight is 416 g/mol. The zero-order valence-electron chi connectivity index (χ0n) is 16.6. The van der Waals surface area contributed by atoms with Crippen molar-refractivity contribution in [2.75, 3.05) is 4.90 Å². The van der Waals surface area contributed by atoms with Crippen LogP contribution in [0.15, 0.2) is 66.7 Å². The van der Waals surface area contributed by atoms with E-state index in [-0.39, 0.29) is 5.75 Å². The standard InChI is InChI=1S/C24H20N2O5/c1-24(23(30)31)19-18(20(25-24)15-10-4-5-12-17(15)27)21(28)26(22(19)29)16-11-6-8-13-7-2-3-9-14(13)16/h2-12,18-20,25,27H,1H3,(H,30,31)/t18-,19+,20-,24+/m1/s1. The van der Waals surface area contributed by atoms with E-state index < -0.39 is 41.2 Å². The predicted octanol–water partition coefficient (Wildman–Crippen LogP) is 2.84. The van der Waals surface area contributed by atoms with Crippen molar-refractivity contribution in [1.82, 2.24) is 5.32 Å². The molecule has 0 spiro atoms. The molecular weight excluding hydrogens is 396 g/mol. The second-order valence-electron chi connectivity index (χ2n) is 8.20. The number of benzene rings is 3. The van der Waals surface area contributed by atoms with Gasteiger partial charge < -0.3 is 10.2 Å². The SMILES string of the molecule is C[C@]1(C(=O)O)N[C@H](c2ccccc2O)[C@@H]2C(=O)N(c3cccc4ccccc34)C(=O)[C@H]21. The number of aliphatic carboxylic acids is 1. The number of imide groups is 1. The van der Waals surface area contributed by atoms with Gasteiger partial charge in [-0.25, -0.2) is 4.90 Å². The lowest BCUT2D eigenvalue weighted by Gasteiger charge is -2.27. The molecule has 0 aromatic heterocycles. The van der Waals surface area contributed by atoms with Gasteiger partial charge in [0.05, 0.1) is 17.5 Å². The van der Waals surface area contributed by atoms with Crippen LogP contribution in [-0.2, 0) is 14.4 Å². The van der Waals surface area contributed by atoms with Crippen molar-refractivity contribution >= 4 is 34.2 Å². The number of para-hydroxylation sites is 1. The van der Waals surface area contributed by atoms with Crippen LogP contribution in [0.4, 0.5) is 5.69 Å². The Morgan fingerprint density at radius 2 is 1.65 bits per heavy atom. The van der Waals surface area contributed by atoms with Crippen molar-refractivity contribution in [2.45, 2.75) is 18.5 Å². The highest BCUT2D eigenvalue weighted by molar-refractivity contribution is 6.26. The Kier molecular flexibility index (Phi) is 4.13. The van der Waals surface area contributed by atoms with Crippen molar-refractivity contribution < 1.29 is 24.6 Å². The first-order chi connectivity index (χ1) is 14.8. The van der Waals surface area contributed by atoms with E-state index in [0.29, 0.717) is 11.3 Å². The maximum Gasteiger partial charge on any atom is 0.324 e. The number of nitrogens with one attached hydrogen (secondary N) is 1. The van der Waals surface area contributed by atoms with E-state index in [4.69, 9.17) is 0 Å². The maximum atomic E-state index is 13.6. The number of amides is 2. The number of rotatable bonds is 3. The normalized spacial score (nSPS) is 27.6. The van der Waals surface area contributed by atoms with E-state index in [2.05, 4.69) is 5.32 Å². The van der Waals surface area contributed by atoms with Crippen molar-refractivity contribution in [3.8, 4) is 5.75 Å². The van der Waals surface area contributed by atoms with Crippen molar-refractivity contribution in [1.29, 1.82) is 0 Å². The Bertz CT molecular complexity index is 1250. The molecule has 0 unspecified atom stereocenters. The zero-order chi connectivity index (χ0) is 21.9. The molecule has 2 amide bonds. The summed E-state index contributed by atoms with van der Waals surface area (Å²) >= 11 is 0. The molecule has 2 aliphatic heterocycles. The van der Waals surface area contributed by atoms with Gasteiger partial charge in [0.25, 0.3) is 0 Å². The molecule has 5 rings (SSSR count). The number of hydrogen-bond donors (Lipinski definition) is 3. The minimum atomic E-state index is -1.66. The molecular formula is C24H20N2O5. The number of nitrogens with zero attached hydrogens (tertiary/aromatic N) is 1. The molecule has 3 N–H and O–H groups in total. The second-order valence-corrected chi connectivity index (χ2v) is 8.20. The molecule has 2 aliphatic rings. The van der Waals surface area contributed by atoms with Crippen molar-refractivity contribution in [3.05, 3.63) is 72.3 Å². The third-order valence-corrected chi connectivity index (χ3v) is 6.51. The Labute approximate surface area is 177 Å². The number of anilines is 1. The van der Waals surface area contributed by atoms with Crippen LogP contribution >= 0.6 is 0 Å². The molecule has 0 bridgehead atoms. The molecule has 2 saturated heterocycles. The van der Waals surface area contributed by atoms with Crippen LogP contribution in [0.5, 0.6) is 5.75 Å². The third-order valence-electron chi connectivity index (χ3n) is 6.51. The highest BCUT2D eigenvalue weighted by Gasteiger charge is 2.67. The number of carbonyl (C=O) groups excluding carboxylic acids is 2. The van der Waals surface area contributed by atoms with Gasteiger partial charge in [0.15, 0.2) is 0 Å². The first-order valence-electron chi connectivity index (χ1n) is 9.99. The van der Waals surface area contributed by atoms with Crippen LogP contribution in [-0.4, -0.2) is 33.5 Å². The van der Waals surface area contributed by atoms with Gasteiger partial charge in [-0.15, -0.1) is 0 Å². The molecule has 7 nitrogen and oxygen atoms in total. The van der Waals surface area contributed by atoms with Crippen LogP contribution in [0.1, 0.15) is 18.5 Å². The molecule has 0 radical (unpaired) electrons. The first kappa shape index (κ1) is 19.3. The van der Waals surface area contributed by atoms with Crippen LogP contribution in [0, 0.1) is 11.8 Å². The Morgan fingerprint density at radius 1 is 0.968 bits per heavy atom. The number of phenolic OH excluding ortho intramolecular Hbond substituents is 1. The van der Waals surface area contributed by atoms with Crippen LogP contribution in [0.3, 0.4) is 0 Å². The predicted molar refractivity (Wildman–Crippen MR) is 113 cm³/mol. The molecule has 7 heteroatoms. The third kappa shape index (κ3) is 2.60. The Hall–Kier alpha value is -3.71. The molecule has 4 atom stereocenters. The molecule has 2 heterocycles. The highest BCUT2D eigenvalue weighted by Crippen LogP contribution is 2.51. The van der Waals surface area contributed by atoms with Crippen LogP contribution in [0.2, 0.25) is 0 Å². The summed E-state index contributed by atoms with van der Waals surface area (Å²) in [7, 11) is 0. The van der Waals surface area contributed by atoms with Gasteiger partial charge in [-0.2, -0.15) is 0 Å². The van der Waals surface area contributed by atoms with Gasteiger partial charge in [-0.05, 0) is 24.4 Å². The zero-order valence-corrected chi connectivity index (χ0v) is 16.6. The second kappa shape index (κ2) is 6.65. The lowest BCUT2D eigenvalue weighted by Crippen LogP contribution is -2.53. The minimum Gasteiger partial charge on any atom is -0.508 e. The van der Waals surface area contributed by atoms with Gasteiger partial charge in [-0.3, -0.25) is 19.7 Å². The Morgan fingerprint density at radius 3 is 2.39 bits per heavy atom. The quantitative estimate of drug-likeness (QED) is 0.567. The number of fused-ring (bicyclic) bond motifs is 2. The largest absolute Gasteiger partial charge is 0.508 e. The van der Waals surface area contributed by atoms with Gasteiger partial charge >= 0.3 is 5.97 Å². The lowest BCUT2D eigenvalue weighted by atomic mass is 9.80. The van der Waals surface area contributed by atoms with E-state index in [1.807, 2.05) is 30.3 Å². The van der Waals surface area contributed by atoms with E-state index in [1.165, 1.54) is 13.0 Å². The fourth-order valence-electron chi connectivity index (χ4n) is 4.99. The smallest absolute Gasteiger partial charge is 0.324 e. The maximum absolute atomic E-state index is 13.6. The monoisotopic (exact) mass is 416 g/mol. The number of carboxylic acids is 1. The topological polar surface area (TPSA) is 107 Å². The number of carboxylic acid groups (broad SMARTS) is 1. The number of phenols is 1. The molecule has 31 heavy (non-hydrogen) atoms. The molecule has 0 saturated carbocycles. The van der Waals surface area contributed by atoms with Crippen LogP contribution in [0.25, 0.3) is 10.8 Å². The minimum absolute atomic E-state index is 0.0581. The Balaban J connectivity index is 1.68. The summed E-state index contributed by atoms with van der Waals surface area (Å²) in [6.45, 7) is 1.42. The fourth-order valence-corrected chi connectivity index (χ4v) is 4.99.